The maximum absolute atomic E-state index is 13.0. The molecular weight excluding hydrogens is 403 g/mol. The number of anilines is 1. The topological polar surface area (TPSA) is 76.0 Å². The predicted octanol–water partition coefficient (Wildman–Crippen LogP) is 4.24. The Morgan fingerprint density at radius 2 is 1.87 bits per heavy atom. The van der Waals surface area contributed by atoms with Crippen LogP contribution in [0, 0.1) is 11.7 Å². The largest absolute Gasteiger partial charge is 0.350 e. The SMILES string of the molecule is CCCC(CCC)C(=O)Nc1c2c(nn1CC(=O)NCc1ccc(F)cc1)CSC2. The molecule has 1 aromatic carbocycles. The lowest BCUT2D eigenvalue weighted by Crippen LogP contribution is -2.30. The highest BCUT2D eigenvalue weighted by Gasteiger charge is 2.26. The van der Waals surface area contributed by atoms with Gasteiger partial charge >= 0.3 is 0 Å². The highest BCUT2D eigenvalue weighted by atomic mass is 32.2. The van der Waals surface area contributed by atoms with Gasteiger partial charge in [0, 0.05) is 29.5 Å². The molecule has 1 aromatic heterocycles. The summed E-state index contributed by atoms with van der Waals surface area (Å²) in [4.78, 5) is 25.4. The van der Waals surface area contributed by atoms with Crippen LogP contribution in [0.4, 0.5) is 10.2 Å². The van der Waals surface area contributed by atoms with Crippen LogP contribution < -0.4 is 10.6 Å². The quantitative estimate of drug-likeness (QED) is 0.589. The molecule has 0 spiro atoms. The first-order valence-electron chi connectivity index (χ1n) is 10.5. The molecule has 0 saturated carbocycles. The van der Waals surface area contributed by atoms with Crippen LogP contribution >= 0.6 is 11.8 Å². The molecule has 162 valence electrons. The van der Waals surface area contributed by atoms with Gasteiger partial charge in [0.25, 0.3) is 0 Å². The Hall–Kier alpha value is -2.35. The minimum atomic E-state index is -0.307. The number of hydrogen-bond acceptors (Lipinski definition) is 4. The predicted molar refractivity (Wildman–Crippen MR) is 117 cm³/mol. The fraction of sp³-hybridized carbons (Fsp3) is 0.500. The molecule has 6 nitrogen and oxygen atoms in total. The van der Waals surface area contributed by atoms with Crippen molar-refractivity contribution in [3.8, 4) is 0 Å². The van der Waals surface area contributed by atoms with E-state index in [1.807, 2.05) is 0 Å². The van der Waals surface area contributed by atoms with Crippen LogP contribution in [0.5, 0.6) is 0 Å². The van der Waals surface area contributed by atoms with Crippen LogP contribution in [-0.2, 0) is 34.2 Å². The number of fused-ring (bicyclic) bond motifs is 1. The van der Waals surface area contributed by atoms with E-state index in [9.17, 15) is 14.0 Å². The summed E-state index contributed by atoms with van der Waals surface area (Å²) >= 11 is 1.76. The summed E-state index contributed by atoms with van der Waals surface area (Å²) in [5.41, 5.74) is 2.77. The van der Waals surface area contributed by atoms with Crippen LogP contribution in [0.15, 0.2) is 24.3 Å². The lowest BCUT2D eigenvalue weighted by Gasteiger charge is -2.17. The summed E-state index contributed by atoms with van der Waals surface area (Å²) in [6.45, 7) is 4.51. The molecule has 0 bridgehead atoms. The molecule has 0 saturated heterocycles. The number of carbonyl (C=O) groups is 2. The Bertz CT molecular complexity index is 876. The van der Waals surface area contributed by atoms with Crippen molar-refractivity contribution < 1.29 is 14.0 Å². The average molecular weight is 433 g/mol. The fourth-order valence-electron chi connectivity index (χ4n) is 3.64. The third kappa shape index (κ3) is 5.62. The van der Waals surface area contributed by atoms with Crippen molar-refractivity contribution in [1.29, 1.82) is 0 Å². The number of benzene rings is 1. The van der Waals surface area contributed by atoms with Gasteiger partial charge in [0.15, 0.2) is 0 Å². The van der Waals surface area contributed by atoms with E-state index in [1.54, 1.807) is 28.6 Å². The molecular formula is C22H29FN4O2S. The molecule has 2 N–H and O–H groups in total. The molecule has 0 unspecified atom stereocenters. The second kappa shape index (κ2) is 10.6. The number of nitrogens with zero attached hydrogens (tertiary/aromatic N) is 2. The molecule has 0 radical (unpaired) electrons. The van der Waals surface area contributed by atoms with Gasteiger partial charge in [0.05, 0.1) is 5.69 Å². The zero-order valence-electron chi connectivity index (χ0n) is 17.5. The van der Waals surface area contributed by atoms with E-state index in [1.165, 1.54) is 12.1 Å². The third-order valence-electron chi connectivity index (χ3n) is 5.20. The normalized spacial score (nSPS) is 12.8. The Labute approximate surface area is 181 Å². The van der Waals surface area contributed by atoms with Crippen molar-refractivity contribution in [3.05, 3.63) is 46.9 Å². The monoisotopic (exact) mass is 432 g/mol. The zero-order chi connectivity index (χ0) is 21.5. The van der Waals surface area contributed by atoms with Gasteiger partial charge < -0.3 is 10.6 Å². The number of amides is 2. The van der Waals surface area contributed by atoms with Crippen molar-refractivity contribution in [2.75, 3.05) is 5.32 Å². The van der Waals surface area contributed by atoms with Crippen LogP contribution in [-0.4, -0.2) is 21.6 Å². The van der Waals surface area contributed by atoms with Gasteiger partial charge in [-0.25, -0.2) is 9.07 Å². The summed E-state index contributed by atoms with van der Waals surface area (Å²) in [7, 11) is 0. The van der Waals surface area contributed by atoms with Gasteiger partial charge in [-0.2, -0.15) is 16.9 Å². The van der Waals surface area contributed by atoms with Gasteiger partial charge in [0.2, 0.25) is 11.8 Å². The lowest BCUT2D eigenvalue weighted by molar-refractivity contribution is -0.122. The molecule has 1 aliphatic rings. The summed E-state index contributed by atoms with van der Waals surface area (Å²) in [6, 6.07) is 6.02. The third-order valence-corrected chi connectivity index (χ3v) is 6.17. The number of aromatic nitrogens is 2. The first-order valence-corrected chi connectivity index (χ1v) is 11.7. The van der Waals surface area contributed by atoms with E-state index in [-0.39, 0.29) is 30.1 Å². The summed E-state index contributed by atoms with van der Waals surface area (Å²) < 4.78 is 14.6. The minimum Gasteiger partial charge on any atom is -0.350 e. The average Bonchev–Trinajstić information content (AvgIpc) is 3.30. The standard InChI is InChI=1S/C22H29FN4O2S/c1-3-5-16(6-4-2)22(29)25-21-18-13-30-14-19(18)26-27(21)12-20(28)24-11-15-7-9-17(23)10-8-15/h7-10,16H,3-6,11-14H2,1-2H3,(H,24,28)(H,25,29). The van der Waals surface area contributed by atoms with Crippen molar-refractivity contribution >= 4 is 29.4 Å². The Morgan fingerprint density at radius 1 is 1.17 bits per heavy atom. The van der Waals surface area contributed by atoms with E-state index in [0.717, 1.165) is 54.0 Å². The highest BCUT2D eigenvalue weighted by molar-refractivity contribution is 7.98. The molecule has 2 heterocycles. The molecule has 30 heavy (non-hydrogen) atoms. The van der Waals surface area contributed by atoms with Crippen molar-refractivity contribution in [2.24, 2.45) is 5.92 Å². The maximum Gasteiger partial charge on any atom is 0.242 e. The van der Waals surface area contributed by atoms with Gasteiger partial charge in [0.1, 0.15) is 18.2 Å². The molecule has 0 fully saturated rings. The van der Waals surface area contributed by atoms with E-state index in [4.69, 9.17) is 0 Å². The highest BCUT2D eigenvalue weighted by Crippen LogP contribution is 2.35. The zero-order valence-corrected chi connectivity index (χ0v) is 18.4. The molecule has 3 rings (SSSR count). The Balaban J connectivity index is 1.68. The van der Waals surface area contributed by atoms with Gasteiger partial charge in [-0.1, -0.05) is 38.8 Å². The first-order chi connectivity index (χ1) is 14.5. The van der Waals surface area contributed by atoms with Gasteiger partial charge in [-0.05, 0) is 30.5 Å². The van der Waals surface area contributed by atoms with Crippen LogP contribution in [0.25, 0.3) is 0 Å². The minimum absolute atomic E-state index is 0.00581. The van der Waals surface area contributed by atoms with Gasteiger partial charge in [-0.3, -0.25) is 9.59 Å². The number of hydrogen-bond donors (Lipinski definition) is 2. The number of nitrogens with one attached hydrogen (secondary N) is 2. The van der Waals surface area contributed by atoms with Crippen molar-refractivity contribution in [3.63, 3.8) is 0 Å². The summed E-state index contributed by atoms with van der Waals surface area (Å²) in [5.74, 6) is 1.69. The Kier molecular flexibility index (Phi) is 7.90. The first kappa shape index (κ1) is 22.3. The summed E-state index contributed by atoms with van der Waals surface area (Å²) in [6.07, 6.45) is 3.61. The lowest BCUT2D eigenvalue weighted by atomic mass is 9.97. The Morgan fingerprint density at radius 3 is 2.53 bits per heavy atom. The maximum atomic E-state index is 13.0. The molecule has 2 aromatic rings. The number of carbonyl (C=O) groups excluding carboxylic acids is 2. The smallest absolute Gasteiger partial charge is 0.242 e. The van der Waals surface area contributed by atoms with Crippen LogP contribution in [0.2, 0.25) is 0 Å². The van der Waals surface area contributed by atoms with Crippen LogP contribution in [0.3, 0.4) is 0 Å². The van der Waals surface area contributed by atoms with E-state index in [2.05, 4.69) is 29.6 Å². The fourth-order valence-corrected chi connectivity index (χ4v) is 4.67. The van der Waals surface area contributed by atoms with Gasteiger partial charge in [-0.15, -0.1) is 0 Å². The number of halogens is 1. The molecule has 0 atom stereocenters. The van der Waals surface area contributed by atoms with Crippen molar-refractivity contribution in [2.45, 2.75) is 64.1 Å². The van der Waals surface area contributed by atoms with Crippen molar-refractivity contribution in [1.82, 2.24) is 15.1 Å². The molecule has 0 aliphatic carbocycles. The van der Waals surface area contributed by atoms with Crippen LogP contribution in [0.1, 0.15) is 56.4 Å². The summed E-state index contributed by atoms with van der Waals surface area (Å²) in [5, 5.41) is 10.5. The molecule has 1 aliphatic heterocycles. The second-order valence-corrected chi connectivity index (χ2v) is 8.58. The molecule has 2 amide bonds. The van der Waals surface area contributed by atoms with E-state index in [0.29, 0.717) is 12.4 Å². The molecule has 8 heteroatoms. The van der Waals surface area contributed by atoms with E-state index < -0.39 is 0 Å². The second-order valence-electron chi connectivity index (χ2n) is 7.59. The van der Waals surface area contributed by atoms with E-state index >= 15 is 0 Å². The number of rotatable bonds is 10. The number of thioether (sulfide) groups is 1.